The molecule has 2 aliphatic rings. The summed E-state index contributed by atoms with van der Waals surface area (Å²) in [6.07, 6.45) is 3.31. The van der Waals surface area contributed by atoms with Crippen LogP contribution in [0, 0.1) is 0 Å². The minimum atomic E-state index is -3.47. The minimum Gasteiger partial charge on any atom is -0.456 e. The van der Waals surface area contributed by atoms with E-state index < -0.39 is 21.9 Å². The third-order valence-corrected chi connectivity index (χ3v) is 7.70. The highest BCUT2D eigenvalue weighted by molar-refractivity contribution is 7.89. The van der Waals surface area contributed by atoms with Crippen LogP contribution in [0.4, 0.5) is 0 Å². The first-order chi connectivity index (χ1) is 16.4. The lowest BCUT2D eigenvalue weighted by molar-refractivity contribution is -0.148. The zero-order valence-corrected chi connectivity index (χ0v) is 19.6. The van der Waals surface area contributed by atoms with Crippen LogP contribution in [-0.2, 0) is 37.3 Å². The van der Waals surface area contributed by atoms with Gasteiger partial charge in [0, 0.05) is 26.1 Å². The van der Waals surface area contributed by atoms with E-state index in [1.807, 2.05) is 6.07 Å². The molecule has 0 atom stereocenters. The van der Waals surface area contributed by atoms with Gasteiger partial charge in [-0.25, -0.2) is 8.42 Å². The molecule has 182 valence electrons. The number of benzene rings is 2. The van der Waals surface area contributed by atoms with Crippen LogP contribution < -0.4 is 14.8 Å². The summed E-state index contributed by atoms with van der Waals surface area (Å²) < 4.78 is 42.5. The van der Waals surface area contributed by atoms with Gasteiger partial charge in [-0.3, -0.25) is 9.59 Å². The number of hydrogen-bond acceptors (Lipinski definition) is 7. The van der Waals surface area contributed by atoms with Gasteiger partial charge < -0.3 is 19.5 Å². The van der Waals surface area contributed by atoms with Crippen LogP contribution in [-0.4, -0.2) is 51.1 Å². The van der Waals surface area contributed by atoms with Gasteiger partial charge in [0.15, 0.2) is 18.1 Å². The maximum Gasteiger partial charge on any atom is 0.306 e. The number of nitrogens with zero attached hydrogens (tertiary/aromatic N) is 1. The topological polar surface area (TPSA) is 111 Å². The molecule has 1 saturated heterocycles. The fourth-order valence-electron chi connectivity index (χ4n) is 3.85. The highest BCUT2D eigenvalue weighted by Crippen LogP contribution is 2.32. The smallest absolute Gasteiger partial charge is 0.306 e. The largest absolute Gasteiger partial charge is 0.456 e. The molecule has 0 radical (unpaired) electrons. The molecule has 1 amide bonds. The zero-order chi connectivity index (χ0) is 24.0. The van der Waals surface area contributed by atoms with E-state index in [0.717, 1.165) is 30.4 Å². The molecule has 10 heteroatoms. The van der Waals surface area contributed by atoms with Gasteiger partial charge in [-0.05, 0) is 54.7 Å². The Labute approximate surface area is 199 Å². The number of fused-ring (bicyclic) bond motifs is 1. The molecule has 0 aliphatic carbocycles. The van der Waals surface area contributed by atoms with Crippen molar-refractivity contribution < 1.29 is 32.2 Å². The molecule has 2 heterocycles. The van der Waals surface area contributed by atoms with E-state index in [2.05, 4.69) is 5.32 Å². The second-order valence-corrected chi connectivity index (χ2v) is 10.2. The molecule has 0 unspecified atom stereocenters. The van der Waals surface area contributed by atoms with Gasteiger partial charge >= 0.3 is 5.97 Å². The lowest BCUT2D eigenvalue weighted by Crippen LogP contribution is -2.35. The quantitative estimate of drug-likeness (QED) is 0.540. The van der Waals surface area contributed by atoms with E-state index in [1.165, 1.54) is 4.31 Å². The standard InChI is InChI=1S/C24H28N2O7S/c27-23(25-15-19-6-10-21-22(14-19)33-17-32-21)16-31-24(28)11-7-18-4-8-20(9-5-18)34(29,30)26-12-2-1-3-13-26/h4-6,8-10,14H,1-3,7,11-13,15-17H2,(H,25,27). The molecule has 2 aliphatic heterocycles. The molecular weight excluding hydrogens is 460 g/mol. The number of rotatable bonds is 9. The van der Waals surface area contributed by atoms with Crippen molar-refractivity contribution in [2.24, 2.45) is 0 Å². The van der Waals surface area contributed by atoms with Crippen molar-refractivity contribution in [1.29, 1.82) is 0 Å². The number of esters is 1. The maximum absolute atomic E-state index is 12.7. The van der Waals surface area contributed by atoms with E-state index in [9.17, 15) is 18.0 Å². The van der Waals surface area contributed by atoms with Crippen molar-refractivity contribution in [2.45, 2.75) is 43.5 Å². The van der Waals surface area contributed by atoms with Gasteiger partial charge in [-0.1, -0.05) is 24.6 Å². The Morgan fingerprint density at radius 3 is 2.41 bits per heavy atom. The van der Waals surface area contributed by atoms with E-state index in [0.29, 0.717) is 31.0 Å². The molecule has 1 N–H and O–H groups in total. The van der Waals surface area contributed by atoms with Crippen molar-refractivity contribution in [3.8, 4) is 11.5 Å². The van der Waals surface area contributed by atoms with Gasteiger partial charge in [0.2, 0.25) is 16.8 Å². The first-order valence-electron chi connectivity index (χ1n) is 11.3. The first kappa shape index (κ1) is 24.0. The first-order valence-corrected chi connectivity index (χ1v) is 12.8. The monoisotopic (exact) mass is 488 g/mol. The number of hydrogen-bond donors (Lipinski definition) is 1. The normalized spacial score (nSPS) is 15.6. The van der Waals surface area contributed by atoms with E-state index in [-0.39, 0.29) is 31.3 Å². The molecule has 0 aromatic heterocycles. The average molecular weight is 489 g/mol. The van der Waals surface area contributed by atoms with Crippen LogP contribution in [0.2, 0.25) is 0 Å². The number of carbonyl (C=O) groups excluding carboxylic acids is 2. The third-order valence-electron chi connectivity index (χ3n) is 5.78. The molecule has 1 fully saturated rings. The SMILES string of the molecule is O=C(COC(=O)CCc1ccc(S(=O)(=O)N2CCCCC2)cc1)NCc1ccc2c(c1)OCO2. The number of aryl methyl sites for hydroxylation is 1. The summed E-state index contributed by atoms with van der Waals surface area (Å²) in [4.78, 5) is 24.3. The summed E-state index contributed by atoms with van der Waals surface area (Å²) >= 11 is 0. The fourth-order valence-corrected chi connectivity index (χ4v) is 5.37. The highest BCUT2D eigenvalue weighted by Gasteiger charge is 2.25. The number of nitrogens with one attached hydrogen (secondary N) is 1. The second kappa shape index (κ2) is 10.9. The molecule has 2 aromatic rings. The van der Waals surface area contributed by atoms with Gasteiger partial charge in [0.05, 0.1) is 4.90 Å². The Balaban J connectivity index is 1.17. The number of sulfonamides is 1. The molecule has 9 nitrogen and oxygen atoms in total. The summed E-state index contributed by atoms with van der Waals surface area (Å²) in [5.41, 5.74) is 1.66. The molecule has 0 bridgehead atoms. The Bertz CT molecular complexity index is 1130. The van der Waals surface area contributed by atoms with Crippen LogP contribution in [0.1, 0.15) is 36.8 Å². The lowest BCUT2D eigenvalue weighted by atomic mass is 10.1. The minimum absolute atomic E-state index is 0.0909. The van der Waals surface area contributed by atoms with Gasteiger partial charge in [0.1, 0.15) is 0 Å². The van der Waals surface area contributed by atoms with Crippen LogP contribution >= 0.6 is 0 Å². The zero-order valence-electron chi connectivity index (χ0n) is 18.8. The van der Waals surface area contributed by atoms with Crippen molar-refractivity contribution in [1.82, 2.24) is 9.62 Å². The van der Waals surface area contributed by atoms with Crippen molar-refractivity contribution in [2.75, 3.05) is 26.5 Å². The number of amides is 1. The van der Waals surface area contributed by atoms with Crippen LogP contribution in [0.5, 0.6) is 11.5 Å². The average Bonchev–Trinajstić information content (AvgIpc) is 3.34. The highest BCUT2D eigenvalue weighted by atomic mass is 32.2. The maximum atomic E-state index is 12.7. The molecule has 4 rings (SSSR count). The summed E-state index contributed by atoms with van der Waals surface area (Å²) in [7, 11) is -3.47. The third kappa shape index (κ3) is 6.06. The molecular formula is C24H28N2O7S. The molecule has 0 spiro atoms. The van der Waals surface area contributed by atoms with Crippen molar-refractivity contribution in [3.63, 3.8) is 0 Å². The van der Waals surface area contributed by atoms with Gasteiger partial charge in [-0.2, -0.15) is 4.31 Å². The number of piperidine rings is 1. The van der Waals surface area contributed by atoms with E-state index >= 15 is 0 Å². The molecule has 0 saturated carbocycles. The number of carbonyl (C=O) groups is 2. The Hall–Kier alpha value is -3.11. The van der Waals surface area contributed by atoms with Crippen molar-refractivity contribution >= 4 is 21.9 Å². The van der Waals surface area contributed by atoms with Crippen LogP contribution in [0.25, 0.3) is 0 Å². The fraction of sp³-hybridized carbons (Fsp3) is 0.417. The summed E-state index contributed by atoms with van der Waals surface area (Å²) in [6, 6.07) is 12.0. The second-order valence-electron chi connectivity index (χ2n) is 8.23. The van der Waals surface area contributed by atoms with E-state index in [1.54, 1.807) is 36.4 Å². The Kier molecular flexibility index (Phi) is 7.69. The summed E-state index contributed by atoms with van der Waals surface area (Å²) in [5.74, 6) is 0.402. The van der Waals surface area contributed by atoms with Crippen LogP contribution in [0.3, 0.4) is 0 Å². The van der Waals surface area contributed by atoms with Gasteiger partial charge in [-0.15, -0.1) is 0 Å². The van der Waals surface area contributed by atoms with Crippen molar-refractivity contribution in [3.05, 3.63) is 53.6 Å². The van der Waals surface area contributed by atoms with Crippen LogP contribution in [0.15, 0.2) is 47.4 Å². The predicted octanol–water partition coefficient (Wildman–Crippen LogP) is 2.38. The number of ether oxygens (including phenoxy) is 3. The van der Waals surface area contributed by atoms with Gasteiger partial charge in [0.25, 0.3) is 5.91 Å². The summed E-state index contributed by atoms with van der Waals surface area (Å²) in [6.45, 7) is 1.21. The Morgan fingerprint density at radius 2 is 1.65 bits per heavy atom. The molecule has 2 aromatic carbocycles. The predicted molar refractivity (Wildman–Crippen MR) is 123 cm³/mol. The van der Waals surface area contributed by atoms with E-state index in [4.69, 9.17) is 14.2 Å². The summed E-state index contributed by atoms with van der Waals surface area (Å²) in [5, 5.41) is 2.69. The Morgan fingerprint density at radius 1 is 0.941 bits per heavy atom. The lowest BCUT2D eigenvalue weighted by Gasteiger charge is -2.25. The molecule has 34 heavy (non-hydrogen) atoms.